The summed E-state index contributed by atoms with van der Waals surface area (Å²) < 4.78 is 0. The molecule has 0 spiro atoms. The van der Waals surface area contributed by atoms with Crippen molar-refractivity contribution in [1.29, 1.82) is 0 Å². The predicted molar refractivity (Wildman–Crippen MR) is 83.9 cm³/mol. The van der Waals surface area contributed by atoms with Crippen LogP contribution in [0.5, 0.6) is 0 Å². The number of nitrogens with two attached hydrogens (primary N) is 1. The Hall–Kier alpha value is -1.43. The van der Waals surface area contributed by atoms with Crippen molar-refractivity contribution in [2.45, 2.75) is 38.3 Å². The van der Waals surface area contributed by atoms with E-state index in [1.807, 2.05) is 24.3 Å². The number of hydrogen-bond donors (Lipinski definition) is 3. The molecule has 0 radical (unpaired) electrons. The lowest BCUT2D eigenvalue weighted by Gasteiger charge is -2.37. The van der Waals surface area contributed by atoms with Gasteiger partial charge in [-0.05, 0) is 24.5 Å². The van der Waals surface area contributed by atoms with Crippen LogP contribution in [0.15, 0.2) is 24.3 Å². The van der Waals surface area contributed by atoms with E-state index in [4.69, 9.17) is 10.8 Å². The monoisotopic (exact) mass is 291 g/mol. The van der Waals surface area contributed by atoms with Gasteiger partial charge in [-0.2, -0.15) is 0 Å². The topological polar surface area (TPSA) is 78.6 Å². The van der Waals surface area contributed by atoms with Crippen molar-refractivity contribution in [1.82, 2.24) is 4.90 Å². The second kappa shape index (κ2) is 8.12. The SMILES string of the molecule is NCc1ccccc1NC(=O)CCN(CCO)C1CCC1. The summed E-state index contributed by atoms with van der Waals surface area (Å²) in [6.07, 6.45) is 4.05. The summed E-state index contributed by atoms with van der Waals surface area (Å²) >= 11 is 0. The van der Waals surface area contributed by atoms with Crippen molar-refractivity contribution in [3.8, 4) is 0 Å². The van der Waals surface area contributed by atoms with Crippen LogP contribution >= 0.6 is 0 Å². The van der Waals surface area contributed by atoms with Crippen molar-refractivity contribution >= 4 is 11.6 Å². The van der Waals surface area contributed by atoms with E-state index in [0.29, 0.717) is 32.1 Å². The van der Waals surface area contributed by atoms with Gasteiger partial charge in [0, 0.05) is 37.8 Å². The molecule has 1 fully saturated rings. The Kier molecular flexibility index (Phi) is 6.17. The maximum atomic E-state index is 12.1. The van der Waals surface area contributed by atoms with Crippen LogP contribution < -0.4 is 11.1 Å². The number of amides is 1. The number of carbonyl (C=O) groups excluding carboxylic acids is 1. The largest absolute Gasteiger partial charge is 0.395 e. The Labute approximate surface area is 126 Å². The van der Waals surface area contributed by atoms with Gasteiger partial charge in [0.05, 0.1) is 6.61 Å². The number of aliphatic hydroxyl groups is 1. The van der Waals surface area contributed by atoms with Crippen molar-refractivity contribution in [2.75, 3.05) is 25.0 Å². The second-order valence-electron chi connectivity index (χ2n) is 5.50. The third-order valence-electron chi connectivity index (χ3n) is 4.12. The third-order valence-corrected chi connectivity index (χ3v) is 4.12. The molecule has 0 heterocycles. The van der Waals surface area contributed by atoms with E-state index < -0.39 is 0 Å². The van der Waals surface area contributed by atoms with E-state index in [1.165, 1.54) is 19.3 Å². The molecule has 21 heavy (non-hydrogen) atoms. The zero-order valence-electron chi connectivity index (χ0n) is 12.4. The van der Waals surface area contributed by atoms with E-state index in [9.17, 15) is 4.79 Å². The number of nitrogens with one attached hydrogen (secondary N) is 1. The van der Waals surface area contributed by atoms with Gasteiger partial charge in [-0.3, -0.25) is 9.69 Å². The molecule has 1 saturated carbocycles. The number of rotatable bonds is 8. The van der Waals surface area contributed by atoms with Gasteiger partial charge < -0.3 is 16.2 Å². The maximum Gasteiger partial charge on any atom is 0.225 e. The number of para-hydroxylation sites is 1. The van der Waals surface area contributed by atoms with E-state index in [1.54, 1.807) is 0 Å². The average molecular weight is 291 g/mol. The molecule has 0 aromatic heterocycles. The summed E-state index contributed by atoms with van der Waals surface area (Å²) in [7, 11) is 0. The van der Waals surface area contributed by atoms with E-state index in [-0.39, 0.29) is 12.5 Å². The summed E-state index contributed by atoms with van der Waals surface area (Å²) in [5.74, 6) is -0.00170. The van der Waals surface area contributed by atoms with E-state index in [2.05, 4.69) is 10.2 Å². The molecule has 2 rings (SSSR count). The number of anilines is 1. The molecule has 0 bridgehead atoms. The molecule has 0 atom stereocenters. The number of benzene rings is 1. The minimum absolute atomic E-state index is 0.00170. The molecule has 1 aromatic rings. The fourth-order valence-corrected chi connectivity index (χ4v) is 2.64. The first-order chi connectivity index (χ1) is 10.2. The van der Waals surface area contributed by atoms with Gasteiger partial charge in [-0.1, -0.05) is 24.6 Å². The molecule has 5 heteroatoms. The molecular weight excluding hydrogens is 266 g/mol. The van der Waals surface area contributed by atoms with Crippen LogP contribution in [0, 0.1) is 0 Å². The Morgan fingerprint density at radius 3 is 2.71 bits per heavy atom. The molecule has 4 N–H and O–H groups in total. The minimum atomic E-state index is -0.00170. The fourth-order valence-electron chi connectivity index (χ4n) is 2.64. The molecular formula is C16H25N3O2. The first kappa shape index (κ1) is 15.9. The smallest absolute Gasteiger partial charge is 0.225 e. The van der Waals surface area contributed by atoms with Crippen LogP contribution in [-0.4, -0.2) is 41.7 Å². The normalized spacial score (nSPS) is 15.0. The molecule has 1 aromatic carbocycles. The van der Waals surface area contributed by atoms with Crippen LogP contribution in [0.25, 0.3) is 0 Å². The summed E-state index contributed by atoms with van der Waals surface area (Å²) in [6, 6.07) is 8.14. The Balaban J connectivity index is 1.83. The molecule has 1 aliphatic carbocycles. The van der Waals surface area contributed by atoms with Gasteiger partial charge in [-0.25, -0.2) is 0 Å². The summed E-state index contributed by atoms with van der Waals surface area (Å²) in [6.45, 7) is 1.91. The highest BCUT2D eigenvalue weighted by atomic mass is 16.3. The molecule has 0 aliphatic heterocycles. The van der Waals surface area contributed by atoms with Gasteiger partial charge in [0.1, 0.15) is 0 Å². The first-order valence-corrected chi connectivity index (χ1v) is 7.67. The third kappa shape index (κ3) is 4.52. The van der Waals surface area contributed by atoms with Crippen LogP contribution in [0.3, 0.4) is 0 Å². The van der Waals surface area contributed by atoms with Gasteiger partial charge in [-0.15, -0.1) is 0 Å². The zero-order valence-corrected chi connectivity index (χ0v) is 12.4. The molecule has 0 unspecified atom stereocenters. The molecule has 116 valence electrons. The minimum Gasteiger partial charge on any atom is -0.395 e. The number of carbonyl (C=O) groups is 1. The number of hydrogen-bond acceptors (Lipinski definition) is 4. The highest BCUT2D eigenvalue weighted by Crippen LogP contribution is 2.24. The Morgan fingerprint density at radius 2 is 2.10 bits per heavy atom. The van der Waals surface area contributed by atoms with Crippen molar-refractivity contribution in [2.24, 2.45) is 5.73 Å². The summed E-state index contributed by atoms with van der Waals surface area (Å²) in [4.78, 5) is 14.3. The number of aliphatic hydroxyl groups excluding tert-OH is 1. The van der Waals surface area contributed by atoms with Crippen molar-refractivity contribution in [3.05, 3.63) is 29.8 Å². The summed E-state index contributed by atoms with van der Waals surface area (Å²) in [5, 5.41) is 12.0. The molecule has 1 aliphatic rings. The van der Waals surface area contributed by atoms with E-state index in [0.717, 1.165) is 11.3 Å². The van der Waals surface area contributed by atoms with Gasteiger partial charge in [0.25, 0.3) is 0 Å². The summed E-state index contributed by atoms with van der Waals surface area (Å²) in [5.41, 5.74) is 7.40. The first-order valence-electron chi connectivity index (χ1n) is 7.67. The molecule has 0 saturated heterocycles. The van der Waals surface area contributed by atoms with Crippen LogP contribution in [0.4, 0.5) is 5.69 Å². The fraction of sp³-hybridized carbons (Fsp3) is 0.562. The maximum absolute atomic E-state index is 12.1. The lowest BCUT2D eigenvalue weighted by atomic mass is 9.91. The lowest BCUT2D eigenvalue weighted by Crippen LogP contribution is -2.43. The van der Waals surface area contributed by atoms with Crippen LogP contribution in [0.1, 0.15) is 31.2 Å². The zero-order chi connectivity index (χ0) is 15.1. The second-order valence-corrected chi connectivity index (χ2v) is 5.50. The molecule has 1 amide bonds. The molecule has 5 nitrogen and oxygen atoms in total. The van der Waals surface area contributed by atoms with Crippen LogP contribution in [0.2, 0.25) is 0 Å². The Morgan fingerprint density at radius 1 is 1.33 bits per heavy atom. The highest BCUT2D eigenvalue weighted by Gasteiger charge is 2.24. The van der Waals surface area contributed by atoms with Gasteiger partial charge in [0.2, 0.25) is 5.91 Å². The van der Waals surface area contributed by atoms with Crippen molar-refractivity contribution in [3.63, 3.8) is 0 Å². The van der Waals surface area contributed by atoms with Gasteiger partial charge >= 0.3 is 0 Å². The van der Waals surface area contributed by atoms with E-state index >= 15 is 0 Å². The lowest BCUT2D eigenvalue weighted by molar-refractivity contribution is -0.116. The quantitative estimate of drug-likeness (QED) is 0.675. The predicted octanol–water partition coefficient (Wildman–Crippen LogP) is 1.32. The standard InChI is InChI=1S/C16H25N3O2/c17-12-13-4-1-2-7-15(13)18-16(21)8-9-19(10-11-20)14-5-3-6-14/h1-2,4,7,14,20H,3,5-6,8-12,17H2,(H,18,21). The van der Waals surface area contributed by atoms with Crippen LogP contribution in [-0.2, 0) is 11.3 Å². The van der Waals surface area contributed by atoms with Gasteiger partial charge in [0.15, 0.2) is 0 Å². The Bertz CT molecular complexity index is 461. The highest BCUT2D eigenvalue weighted by molar-refractivity contribution is 5.91. The van der Waals surface area contributed by atoms with Crippen molar-refractivity contribution < 1.29 is 9.90 Å². The number of nitrogens with zero attached hydrogens (tertiary/aromatic N) is 1. The average Bonchev–Trinajstić information content (AvgIpc) is 2.43.